The van der Waals surface area contributed by atoms with Crippen LogP contribution in [0.2, 0.25) is 0 Å². The van der Waals surface area contributed by atoms with Crippen molar-refractivity contribution in [2.24, 2.45) is 0 Å². The molecule has 3 aromatic carbocycles. The minimum absolute atomic E-state index is 0.198. The summed E-state index contributed by atoms with van der Waals surface area (Å²) in [6.07, 6.45) is 10.8. The number of aliphatic carboxylic acids is 1. The summed E-state index contributed by atoms with van der Waals surface area (Å²) in [6, 6.07) is 16.4. The second-order valence-electron chi connectivity index (χ2n) is 10.7. The van der Waals surface area contributed by atoms with Gasteiger partial charge in [0.2, 0.25) is 5.52 Å². The molecule has 4 aromatic rings. The summed E-state index contributed by atoms with van der Waals surface area (Å²) in [5.74, 6) is -0.757. The number of nitro groups is 2. The molecular formula is C32H29N4O6S+. The lowest BCUT2D eigenvalue weighted by Gasteiger charge is -2.27. The van der Waals surface area contributed by atoms with Gasteiger partial charge in [-0.05, 0) is 55.0 Å². The maximum Gasteiger partial charge on any atom is 0.303 e. The number of non-ortho nitro benzene ring substituents is 2. The largest absolute Gasteiger partial charge is 0.481 e. The molecule has 0 radical (unpaired) electrons. The number of aromatic nitrogens is 1. The van der Waals surface area contributed by atoms with Crippen molar-refractivity contribution in [1.29, 1.82) is 0 Å². The Labute approximate surface area is 251 Å². The Kier molecular flexibility index (Phi) is 7.81. The molecule has 218 valence electrons. The number of carboxylic acids is 1. The molecule has 3 heterocycles. The first-order valence-corrected chi connectivity index (χ1v) is 15.0. The highest BCUT2D eigenvalue weighted by molar-refractivity contribution is 8.04. The summed E-state index contributed by atoms with van der Waals surface area (Å²) >= 11 is 1.52. The van der Waals surface area contributed by atoms with E-state index in [0.717, 1.165) is 82.5 Å². The third-order valence-corrected chi connectivity index (χ3v) is 9.29. The van der Waals surface area contributed by atoms with Gasteiger partial charge in [-0.2, -0.15) is 4.57 Å². The molecule has 2 aliphatic heterocycles. The fourth-order valence-electron chi connectivity index (χ4n) is 5.92. The average molecular weight is 598 g/mol. The number of carbonyl (C=O) groups is 1. The van der Waals surface area contributed by atoms with Crippen LogP contribution in [0.3, 0.4) is 0 Å². The van der Waals surface area contributed by atoms with E-state index >= 15 is 0 Å². The molecule has 0 saturated heterocycles. The number of hydrogen-bond acceptors (Lipinski definition) is 7. The molecule has 6 rings (SSSR count). The predicted molar refractivity (Wildman–Crippen MR) is 166 cm³/mol. The van der Waals surface area contributed by atoms with Gasteiger partial charge >= 0.3 is 5.97 Å². The molecule has 0 bridgehead atoms. The number of unbranched alkanes of at least 4 members (excludes halogenated alkanes) is 2. The van der Waals surface area contributed by atoms with Crippen LogP contribution in [0.4, 0.5) is 17.1 Å². The Balaban J connectivity index is 1.32. The second kappa shape index (κ2) is 11.8. The predicted octanol–water partition coefficient (Wildman–Crippen LogP) is 7.37. The van der Waals surface area contributed by atoms with Crippen LogP contribution in [0.25, 0.3) is 27.8 Å². The number of pyridine rings is 1. The van der Waals surface area contributed by atoms with Gasteiger partial charge in [0, 0.05) is 47.9 Å². The average Bonchev–Trinajstić information content (AvgIpc) is 3.39. The molecule has 0 unspecified atom stereocenters. The number of para-hydroxylation sites is 1. The highest BCUT2D eigenvalue weighted by atomic mass is 32.2. The first-order valence-electron chi connectivity index (χ1n) is 14.2. The summed E-state index contributed by atoms with van der Waals surface area (Å²) in [5.41, 5.74) is 3.71. The molecule has 0 spiro atoms. The van der Waals surface area contributed by atoms with Crippen molar-refractivity contribution in [2.75, 3.05) is 11.4 Å². The van der Waals surface area contributed by atoms with Crippen LogP contribution in [-0.2, 0) is 11.3 Å². The number of hydrogen-bond donors (Lipinski definition) is 1. The van der Waals surface area contributed by atoms with E-state index in [1.165, 1.54) is 17.8 Å². The fourth-order valence-corrected chi connectivity index (χ4v) is 7.28. The molecule has 0 aliphatic carbocycles. The summed E-state index contributed by atoms with van der Waals surface area (Å²) in [7, 11) is 0. The minimum atomic E-state index is -0.757. The van der Waals surface area contributed by atoms with Crippen molar-refractivity contribution in [3.05, 3.63) is 103 Å². The van der Waals surface area contributed by atoms with E-state index in [1.807, 2.05) is 18.2 Å². The molecule has 43 heavy (non-hydrogen) atoms. The lowest BCUT2D eigenvalue weighted by molar-refractivity contribution is -0.671. The van der Waals surface area contributed by atoms with E-state index in [-0.39, 0.29) is 17.8 Å². The highest BCUT2D eigenvalue weighted by Crippen LogP contribution is 2.53. The third kappa shape index (κ3) is 5.55. The second-order valence-corrected chi connectivity index (χ2v) is 11.7. The first-order chi connectivity index (χ1) is 20.8. The summed E-state index contributed by atoms with van der Waals surface area (Å²) < 4.78 is 2.21. The molecule has 11 heteroatoms. The maximum atomic E-state index is 11.8. The van der Waals surface area contributed by atoms with Crippen LogP contribution < -0.4 is 9.47 Å². The number of allylic oxidation sites excluding steroid dienone is 2. The molecule has 1 aromatic heterocycles. The number of nitrogens with zero attached hydrogens (tertiary/aromatic N) is 4. The van der Waals surface area contributed by atoms with Crippen LogP contribution >= 0.6 is 11.8 Å². The van der Waals surface area contributed by atoms with Gasteiger partial charge in [-0.1, -0.05) is 36.0 Å². The van der Waals surface area contributed by atoms with Gasteiger partial charge in [0.05, 0.1) is 37.4 Å². The van der Waals surface area contributed by atoms with E-state index < -0.39 is 15.8 Å². The Hall–Kier alpha value is -4.77. The van der Waals surface area contributed by atoms with Gasteiger partial charge in [-0.15, -0.1) is 0 Å². The van der Waals surface area contributed by atoms with Crippen LogP contribution in [0, 0.1) is 20.2 Å². The first kappa shape index (κ1) is 28.4. The Morgan fingerprint density at radius 3 is 2.60 bits per heavy atom. The minimum Gasteiger partial charge on any atom is -0.481 e. The highest BCUT2D eigenvalue weighted by Gasteiger charge is 2.33. The van der Waals surface area contributed by atoms with Crippen molar-refractivity contribution in [3.8, 4) is 0 Å². The summed E-state index contributed by atoms with van der Waals surface area (Å²) in [6.45, 7) is 1.61. The zero-order valence-electron chi connectivity index (χ0n) is 23.3. The third-order valence-electron chi connectivity index (χ3n) is 7.99. The van der Waals surface area contributed by atoms with Crippen molar-refractivity contribution >= 4 is 62.5 Å². The van der Waals surface area contributed by atoms with Gasteiger partial charge in [0.25, 0.3) is 11.4 Å². The zero-order valence-corrected chi connectivity index (χ0v) is 24.1. The molecule has 10 nitrogen and oxygen atoms in total. The summed E-state index contributed by atoms with van der Waals surface area (Å²) in [4.78, 5) is 36.0. The monoisotopic (exact) mass is 597 g/mol. The van der Waals surface area contributed by atoms with E-state index in [1.54, 1.807) is 6.07 Å². The number of rotatable bonds is 10. The van der Waals surface area contributed by atoms with Gasteiger partial charge in [-0.3, -0.25) is 25.0 Å². The Morgan fingerprint density at radius 1 is 0.977 bits per heavy atom. The number of carboxylic acid groups (broad SMARTS) is 1. The molecular weight excluding hydrogens is 568 g/mol. The van der Waals surface area contributed by atoms with Gasteiger partial charge < -0.3 is 10.0 Å². The van der Waals surface area contributed by atoms with Crippen molar-refractivity contribution < 1.29 is 24.3 Å². The summed E-state index contributed by atoms with van der Waals surface area (Å²) in [5, 5.41) is 35.3. The topological polar surface area (TPSA) is 131 Å². The zero-order chi connectivity index (χ0) is 30.1. The van der Waals surface area contributed by atoms with Crippen molar-refractivity contribution in [1.82, 2.24) is 0 Å². The van der Waals surface area contributed by atoms with E-state index in [2.05, 4.69) is 46.0 Å². The van der Waals surface area contributed by atoms with Crippen molar-refractivity contribution in [2.45, 2.75) is 50.0 Å². The molecule has 0 fully saturated rings. The Morgan fingerprint density at radius 2 is 1.81 bits per heavy atom. The number of thioether (sulfide) groups is 1. The molecule has 2 aliphatic rings. The smallest absolute Gasteiger partial charge is 0.303 e. The van der Waals surface area contributed by atoms with Crippen LogP contribution in [-0.4, -0.2) is 27.5 Å². The van der Waals surface area contributed by atoms with E-state index in [4.69, 9.17) is 5.11 Å². The van der Waals surface area contributed by atoms with Gasteiger partial charge in [0.15, 0.2) is 6.20 Å². The van der Waals surface area contributed by atoms with E-state index in [9.17, 15) is 25.0 Å². The number of anilines is 1. The Bertz CT molecular complexity index is 1870. The fraction of sp³-hybridized carbons (Fsp3) is 0.250. The van der Waals surface area contributed by atoms with Gasteiger partial charge in [0.1, 0.15) is 6.54 Å². The lowest BCUT2D eigenvalue weighted by atomic mass is 10.0. The van der Waals surface area contributed by atoms with Crippen LogP contribution in [0.5, 0.6) is 0 Å². The standard InChI is InChI=1S/C32H28N4O6S/c37-30(38)10-2-1-5-16-33-18-15-21(24-8-3-4-9-27(24)33)11-12-22-7-6-17-34-28-14-13-25-26(31(28)43-32(22)34)19-23(35(39)40)20-29(25)36(41)42/h3-4,8-9,11-15,18-20H,1-2,5-7,10,16-17H2/p+1. The van der Waals surface area contributed by atoms with Crippen LogP contribution in [0.1, 0.15) is 44.1 Å². The SMILES string of the molecule is O=C(O)CCCCC[n+]1ccc(C=CC2=C3Sc4c(ccc5c([N+](=O)[O-])cc([N+](=O)[O-])cc45)N3CCC2)c2ccccc21. The molecule has 0 saturated carbocycles. The quantitative estimate of drug-likeness (QED) is 0.0867. The number of nitro benzene ring substituents is 2. The van der Waals surface area contributed by atoms with E-state index in [0.29, 0.717) is 17.2 Å². The number of benzene rings is 3. The molecule has 1 N–H and O–H groups in total. The normalized spacial score (nSPS) is 14.5. The molecule has 0 atom stereocenters. The maximum absolute atomic E-state index is 11.8. The number of fused-ring (bicyclic) bond motifs is 6. The van der Waals surface area contributed by atoms with Crippen LogP contribution in [0.15, 0.2) is 82.4 Å². The van der Waals surface area contributed by atoms with Crippen molar-refractivity contribution in [3.63, 3.8) is 0 Å². The van der Waals surface area contributed by atoms with Gasteiger partial charge in [-0.25, -0.2) is 0 Å². The lowest BCUT2D eigenvalue weighted by Crippen LogP contribution is -2.34. The number of aryl methyl sites for hydroxylation is 1. The molecule has 0 amide bonds.